The number of carbonyl (C=O) groups excluding carboxylic acids is 5. The van der Waals surface area contributed by atoms with Crippen molar-refractivity contribution in [2.45, 2.75) is 114 Å². The van der Waals surface area contributed by atoms with E-state index >= 15 is 0 Å². The number of amides is 3. The summed E-state index contributed by atoms with van der Waals surface area (Å²) in [7, 11) is 3.42. The van der Waals surface area contributed by atoms with Crippen LogP contribution in [0.3, 0.4) is 0 Å². The van der Waals surface area contributed by atoms with E-state index in [-0.39, 0.29) is 78.4 Å². The van der Waals surface area contributed by atoms with Crippen molar-refractivity contribution in [2.75, 3.05) is 32.6 Å². The maximum absolute atomic E-state index is 14.1. The van der Waals surface area contributed by atoms with Gasteiger partial charge in [-0.3, -0.25) is 45.7 Å². The quantitative estimate of drug-likeness (QED) is 0.0549. The van der Waals surface area contributed by atoms with Crippen molar-refractivity contribution in [1.82, 2.24) is 66.3 Å². The molecule has 4 N–H and O–H groups in total. The van der Waals surface area contributed by atoms with E-state index in [0.717, 1.165) is 60.6 Å². The van der Waals surface area contributed by atoms with Crippen LogP contribution < -0.4 is 21.7 Å². The molecular weight excluding hydrogens is 1770 g/mol. The van der Waals surface area contributed by atoms with E-state index < -0.39 is 34.9 Å². The Kier molecular flexibility index (Phi) is 32.6. The Morgan fingerprint density at radius 1 is 0.450 bits per heavy atom. The molecule has 0 atom stereocenters. The number of nitrogens with one attached hydrogen (secondary N) is 4. The van der Waals surface area contributed by atoms with Gasteiger partial charge in [0.1, 0.15) is 74.2 Å². The molecule has 0 saturated carbocycles. The van der Waals surface area contributed by atoms with Gasteiger partial charge in [0.15, 0.2) is 0 Å². The van der Waals surface area contributed by atoms with Crippen LogP contribution in [-0.4, -0.2) is 107 Å². The molecule has 0 spiro atoms. The maximum Gasteiger partial charge on any atom is 0.433 e. The standard InChI is InChI=1S/C19H14Cl3FN2O.C17H11Cl2F3N4O2.C17H19Cl2N3O2.C17H20ClFN2O.C13H13Cl2N3O2/c1-10-12(9-13-14(20)5-4-8-17(13)23)11(2)25(24-10)19(26)18-15(21)6-3-7-16(18)22;1-8-13(15(26-28-8)14-9(18)4-2-5-10(14)19)16(27)25-24-12-7-3-6-11(23-12)17(20,21)22;1-11-14(17(23)20-22-9-4-2-3-5-10-22)16(21-24-11)15-12(18)7-6-8-13(15)19;1-10-12(9-13-14(18)7-6-8-15(13)19)11(2)21(20-10)16(22)17(3,4)5;1-7-10(13(19)16-18(2)3)12(17-20-7)11-8(14)5-4-6-9(11)15/h3-8H,9H2,1-2H3;2-7H,1H3,(H,23,24)(H,25,27);6-8H,2-5,9-10H2,1H3,(H,20,23);6-8H,9H2,1-5H3;4-6H,1-3H3,(H,16,19). The molecule has 1 aliphatic rings. The minimum Gasteiger partial charge on any atom is -0.360 e. The van der Waals surface area contributed by atoms with Gasteiger partial charge in [0, 0.05) is 106 Å². The lowest BCUT2D eigenvalue weighted by molar-refractivity contribution is -0.141. The average Bonchev–Trinajstić information content (AvgIpc) is 1.59. The number of halogens is 15. The van der Waals surface area contributed by atoms with Crippen LogP contribution in [0.1, 0.15) is 161 Å². The average molecular weight is 1850 g/mol. The summed E-state index contributed by atoms with van der Waals surface area (Å²) >= 11 is 61.6. The number of hydrogen-bond donors (Lipinski definition) is 4. The van der Waals surface area contributed by atoms with Gasteiger partial charge < -0.3 is 13.6 Å². The summed E-state index contributed by atoms with van der Waals surface area (Å²) in [6.45, 7) is 19.2. The lowest BCUT2D eigenvalue weighted by Crippen LogP contribution is -2.42. The fourth-order valence-electron chi connectivity index (χ4n) is 12.2. The molecule has 1 saturated heterocycles. The zero-order valence-electron chi connectivity index (χ0n) is 66.2. The number of pyridine rings is 1. The largest absolute Gasteiger partial charge is 0.433 e. The van der Waals surface area contributed by atoms with E-state index in [4.69, 9.17) is 130 Å². The van der Waals surface area contributed by atoms with E-state index in [2.05, 4.69) is 52.4 Å². The van der Waals surface area contributed by atoms with Crippen molar-refractivity contribution in [3.05, 3.63) is 280 Å². The molecule has 13 rings (SSSR count). The summed E-state index contributed by atoms with van der Waals surface area (Å²) in [6, 6.07) is 32.3. The first kappa shape index (κ1) is 94.4. The third-order valence-electron chi connectivity index (χ3n) is 18.3. The maximum atomic E-state index is 14.1. The van der Waals surface area contributed by atoms with Crippen molar-refractivity contribution in [3.63, 3.8) is 0 Å². The number of anilines is 1. The molecule has 1 aliphatic heterocycles. The Morgan fingerprint density at radius 3 is 1.20 bits per heavy atom. The first-order chi connectivity index (χ1) is 56.6. The Labute approximate surface area is 737 Å². The molecule has 0 aliphatic carbocycles. The second kappa shape index (κ2) is 41.4. The second-order valence-corrected chi connectivity index (χ2v) is 32.2. The Bertz CT molecular complexity index is 5660. The summed E-state index contributed by atoms with van der Waals surface area (Å²) in [5.74, 6) is -1.76. The van der Waals surface area contributed by atoms with Crippen LogP contribution in [0, 0.1) is 65.5 Å². The molecule has 0 unspecified atom stereocenters. The molecule has 120 heavy (non-hydrogen) atoms. The Balaban J connectivity index is 0.000000171. The topological polar surface area (TPSA) is 267 Å². The molecule has 0 radical (unpaired) electrons. The van der Waals surface area contributed by atoms with Gasteiger partial charge in [0.05, 0.1) is 57.1 Å². The highest BCUT2D eigenvalue weighted by molar-refractivity contribution is 6.42. The molecule has 37 heteroatoms. The summed E-state index contributed by atoms with van der Waals surface area (Å²) in [6.07, 6.45) is 0.477. The van der Waals surface area contributed by atoms with E-state index in [1.165, 1.54) is 52.3 Å². The molecule has 6 aromatic heterocycles. The van der Waals surface area contributed by atoms with Gasteiger partial charge in [-0.05, 0) is 146 Å². The van der Waals surface area contributed by atoms with E-state index in [1.54, 1.807) is 139 Å². The van der Waals surface area contributed by atoms with Crippen LogP contribution in [0.4, 0.5) is 27.8 Å². The summed E-state index contributed by atoms with van der Waals surface area (Å²) in [5, 5.41) is 27.3. The lowest BCUT2D eigenvalue weighted by Gasteiger charge is -2.20. The summed E-state index contributed by atoms with van der Waals surface area (Å²) in [4.78, 5) is 66.3. The Hall–Kier alpha value is -9.46. The smallest absolute Gasteiger partial charge is 0.360 e. The van der Waals surface area contributed by atoms with Crippen molar-refractivity contribution >= 4 is 151 Å². The number of hydrazine groups is 3. The number of benzene rings is 6. The molecule has 7 heterocycles. The van der Waals surface area contributed by atoms with Crippen LogP contribution in [0.25, 0.3) is 33.8 Å². The van der Waals surface area contributed by atoms with Crippen LogP contribution >= 0.6 is 116 Å². The third kappa shape index (κ3) is 23.0. The van der Waals surface area contributed by atoms with Gasteiger partial charge >= 0.3 is 6.18 Å². The molecule has 6 aromatic carbocycles. The SMILES string of the molecule is Cc1nn(C(=O)C(C)(C)C)c(C)c1Cc1c(F)cccc1Cl.Cc1nn(C(=O)c2c(Cl)cccc2Cl)c(C)c1Cc1c(F)cccc1Cl.Cc1onc(-c2c(Cl)cccc2Cl)c1C(=O)NN(C)C.Cc1onc(-c2c(Cl)cccc2Cl)c1C(=O)NN1CCCCCC1.Cc1onc(-c2c(Cl)cccc2Cl)c1C(=O)NNc1cccc(C(F)(F)F)n1. The van der Waals surface area contributed by atoms with Crippen LogP contribution in [0.15, 0.2) is 141 Å². The van der Waals surface area contributed by atoms with E-state index in [9.17, 15) is 45.9 Å². The van der Waals surface area contributed by atoms with Gasteiger partial charge in [-0.25, -0.2) is 33.1 Å². The monoisotopic (exact) mass is 1840 g/mol. The number of alkyl halides is 3. The Morgan fingerprint density at radius 2 is 0.808 bits per heavy atom. The fourth-order valence-corrected chi connectivity index (χ4v) is 15.0. The van der Waals surface area contributed by atoms with Gasteiger partial charge in [-0.15, -0.1) is 0 Å². The molecule has 3 amide bonds. The first-order valence-electron chi connectivity index (χ1n) is 36.5. The minimum atomic E-state index is -4.61. The molecular formula is C83H77Cl10F5N14O8. The predicted octanol–water partition coefficient (Wildman–Crippen LogP) is 23.2. The van der Waals surface area contributed by atoms with Crippen molar-refractivity contribution < 1.29 is 59.5 Å². The highest BCUT2D eigenvalue weighted by Gasteiger charge is 2.35. The highest BCUT2D eigenvalue weighted by atomic mass is 35.5. The highest BCUT2D eigenvalue weighted by Crippen LogP contribution is 2.41. The van der Waals surface area contributed by atoms with Gasteiger partial charge in [-0.1, -0.05) is 208 Å². The number of rotatable bonds is 15. The molecule has 12 aromatic rings. The number of nitrogens with zero attached hydrogens (tertiary/aromatic N) is 10. The third-order valence-corrected chi connectivity index (χ3v) is 21.5. The normalized spacial score (nSPS) is 12.2. The summed E-state index contributed by atoms with van der Waals surface area (Å²) in [5.41, 5.74) is 16.6. The number of aryl methyl sites for hydroxylation is 5. The molecule has 632 valence electrons. The van der Waals surface area contributed by atoms with E-state index in [1.807, 2.05) is 39.6 Å². The van der Waals surface area contributed by atoms with Crippen molar-refractivity contribution in [3.8, 4) is 33.8 Å². The lowest BCUT2D eigenvalue weighted by atomic mass is 9.95. The zero-order valence-corrected chi connectivity index (χ0v) is 73.7. The van der Waals surface area contributed by atoms with Crippen molar-refractivity contribution in [1.29, 1.82) is 0 Å². The van der Waals surface area contributed by atoms with Gasteiger partial charge in [0.25, 0.3) is 29.5 Å². The fraction of sp³-hybridized carbons (Fsp3) is 0.265. The minimum absolute atomic E-state index is 0.0227. The number of hydrogen-bond acceptors (Lipinski definition) is 17. The summed E-state index contributed by atoms with van der Waals surface area (Å²) < 4.78 is 84.4. The van der Waals surface area contributed by atoms with Crippen molar-refractivity contribution in [2.24, 2.45) is 5.41 Å². The van der Waals surface area contributed by atoms with Gasteiger partial charge in [-0.2, -0.15) is 23.4 Å². The second-order valence-electron chi connectivity index (χ2n) is 28.2. The predicted molar refractivity (Wildman–Crippen MR) is 457 cm³/mol. The molecule has 1 fully saturated rings. The molecule has 22 nitrogen and oxygen atoms in total. The first-order valence-corrected chi connectivity index (χ1v) is 40.3. The number of aromatic nitrogens is 8. The number of carbonyl (C=O) groups is 5. The van der Waals surface area contributed by atoms with Crippen LogP contribution in [0.2, 0.25) is 50.2 Å². The van der Waals surface area contributed by atoms with Crippen LogP contribution in [-0.2, 0) is 19.0 Å². The molecule has 0 bridgehead atoms. The zero-order chi connectivity index (χ0) is 88.1. The van der Waals surface area contributed by atoms with Crippen LogP contribution in [0.5, 0.6) is 0 Å². The van der Waals surface area contributed by atoms with E-state index in [0.29, 0.717) is 110 Å². The van der Waals surface area contributed by atoms with Gasteiger partial charge in [0.2, 0.25) is 0 Å².